The van der Waals surface area contributed by atoms with Crippen LogP contribution in [0.3, 0.4) is 0 Å². The molecule has 3 aromatic rings. The highest BCUT2D eigenvalue weighted by molar-refractivity contribution is 5.57. The Labute approximate surface area is 151 Å². The normalized spacial score (nSPS) is 10.4. The fourth-order valence-corrected chi connectivity index (χ4v) is 2.52. The van der Waals surface area contributed by atoms with Crippen molar-refractivity contribution in [3.8, 4) is 28.6 Å². The first-order valence-corrected chi connectivity index (χ1v) is 8.16. The van der Waals surface area contributed by atoms with E-state index in [1.165, 1.54) is 0 Å². The SMILES string of the molecule is COc1cccc(-c2noc(NCCc3ccc(OC)c(OC)c3)n2)c1. The van der Waals surface area contributed by atoms with Gasteiger partial charge < -0.3 is 24.1 Å². The molecule has 0 aliphatic heterocycles. The Hall–Kier alpha value is -3.22. The first-order chi connectivity index (χ1) is 12.7. The van der Waals surface area contributed by atoms with Crippen molar-refractivity contribution in [2.75, 3.05) is 33.2 Å². The molecule has 1 heterocycles. The Morgan fingerprint density at radius 3 is 2.58 bits per heavy atom. The molecule has 0 spiro atoms. The van der Waals surface area contributed by atoms with Crippen LogP contribution in [-0.2, 0) is 6.42 Å². The van der Waals surface area contributed by atoms with Crippen LogP contribution in [-0.4, -0.2) is 38.0 Å². The van der Waals surface area contributed by atoms with Gasteiger partial charge in [-0.25, -0.2) is 0 Å². The zero-order valence-corrected chi connectivity index (χ0v) is 15.0. The van der Waals surface area contributed by atoms with Crippen LogP contribution in [0, 0.1) is 0 Å². The molecule has 0 radical (unpaired) electrons. The molecule has 0 saturated heterocycles. The molecule has 0 aliphatic rings. The van der Waals surface area contributed by atoms with Gasteiger partial charge in [-0.1, -0.05) is 23.4 Å². The third-order valence-electron chi connectivity index (χ3n) is 3.89. The first kappa shape index (κ1) is 17.6. The predicted octanol–water partition coefficient (Wildman–Crippen LogP) is 3.42. The number of ether oxygens (including phenoxy) is 3. The highest BCUT2D eigenvalue weighted by atomic mass is 16.5. The Kier molecular flexibility index (Phi) is 5.58. The zero-order valence-electron chi connectivity index (χ0n) is 15.0. The largest absolute Gasteiger partial charge is 0.497 e. The number of nitrogens with zero attached hydrogens (tertiary/aromatic N) is 2. The van der Waals surface area contributed by atoms with E-state index in [0.29, 0.717) is 29.9 Å². The summed E-state index contributed by atoms with van der Waals surface area (Å²) in [5.74, 6) is 2.68. The van der Waals surface area contributed by atoms with E-state index in [1.54, 1.807) is 21.3 Å². The van der Waals surface area contributed by atoms with E-state index in [0.717, 1.165) is 23.3 Å². The molecule has 0 atom stereocenters. The Morgan fingerprint density at radius 1 is 0.962 bits per heavy atom. The van der Waals surface area contributed by atoms with E-state index in [1.807, 2.05) is 42.5 Å². The lowest BCUT2D eigenvalue weighted by molar-refractivity contribution is 0.354. The molecular weight excluding hydrogens is 334 g/mol. The van der Waals surface area contributed by atoms with Gasteiger partial charge in [0.1, 0.15) is 5.75 Å². The Balaban J connectivity index is 1.60. The van der Waals surface area contributed by atoms with Crippen LogP contribution in [0.15, 0.2) is 47.0 Å². The summed E-state index contributed by atoms with van der Waals surface area (Å²) in [6.45, 7) is 0.648. The summed E-state index contributed by atoms with van der Waals surface area (Å²) >= 11 is 0. The summed E-state index contributed by atoms with van der Waals surface area (Å²) in [6.07, 6.45) is 0.775. The maximum atomic E-state index is 5.32. The van der Waals surface area contributed by atoms with Crippen molar-refractivity contribution < 1.29 is 18.7 Å². The fourth-order valence-electron chi connectivity index (χ4n) is 2.52. The minimum absolute atomic E-state index is 0.378. The molecule has 2 aromatic carbocycles. The molecular formula is C19H21N3O4. The summed E-state index contributed by atoms with van der Waals surface area (Å²) in [5.41, 5.74) is 1.95. The summed E-state index contributed by atoms with van der Waals surface area (Å²) in [4.78, 5) is 4.36. The van der Waals surface area contributed by atoms with Gasteiger partial charge in [0, 0.05) is 12.1 Å². The quantitative estimate of drug-likeness (QED) is 0.663. The second kappa shape index (κ2) is 8.24. The van der Waals surface area contributed by atoms with Gasteiger partial charge in [-0.2, -0.15) is 4.98 Å². The van der Waals surface area contributed by atoms with Gasteiger partial charge in [0.15, 0.2) is 11.5 Å². The van der Waals surface area contributed by atoms with Crippen LogP contribution in [0.4, 0.5) is 6.01 Å². The van der Waals surface area contributed by atoms with Gasteiger partial charge in [-0.15, -0.1) is 0 Å². The van der Waals surface area contributed by atoms with E-state index in [-0.39, 0.29) is 0 Å². The smallest absolute Gasteiger partial charge is 0.321 e. The second-order valence-corrected chi connectivity index (χ2v) is 5.52. The lowest BCUT2D eigenvalue weighted by Crippen LogP contribution is -2.05. The monoisotopic (exact) mass is 355 g/mol. The van der Waals surface area contributed by atoms with Crippen molar-refractivity contribution in [3.63, 3.8) is 0 Å². The zero-order chi connectivity index (χ0) is 18.4. The molecule has 0 saturated carbocycles. The minimum atomic E-state index is 0.378. The van der Waals surface area contributed by atoms with E-state index < -0.39 is 0 Å². The van der Waals surface area contributed by atoms with Crippen LogP contribution in [0.1, 0.15) is 5.56 Å². The van der Waals surface area contributed by atoms with Crippen molar-refractivity contribution in [1.82, 2.24) is 10.1 Å². The minimum Gasteiger partial charge on any atom is -0.497 e. The summed E-state index contributed by atoms with van der Waals surface area (Å²) in [5, 5.41) is 7.13. The average molecular weight is 355 g/mol. The van der Waals surface area contributed by atoms with Gasteiger partial charge in [0.25, 0.3) is 0 Å². The molecule has 0 amide bonds. The summed E-state index contributed by atoms with van der Waals surface area (Å²) in [6, 6.07) is 13.7. The Bertz CT molecular complexity index is 863. The van der Waals surface area contributed by atoms with Crippen LogP contribution < -0.4 is 19.5 Å². The fraction of sp³-hybridized carbons (Fsp3) is 0.263. The van der Waals surface area contributed by atoms with Gasteiger partial charge in [-0.05, 0) is 36.2 Å². The average Bonchev–Trinajstić information content (AvgIpc) is 3.17. The standard InChI is InChI=1S/C19H21N3O4/c1-23-15-6-4-5-14(12-15)18-21-19(26-22-18)20-10-9-13-7-8-16(24-2)17(11-13)25-3/h4-8,11-12H,9-10H2,1-3H3,(H,20,21,22). The molecule has 7 heteroatoms. The van der Waals surface area contributed by atoms with Gasteiger partial charge >= 0.3 is 6.01 Å². The molecule has 136 valence electrons. The van der Waals surface area contributed by atoms with Crippen molar-refractivity contribution >= 4 is 6.01 Å². The number of benzene rings is 2. The number of anilines is 1. The molecule has 7 nitrogen and oxygen atoms in total. The topological polar surface area (TPSA) is 78.6 Å². The molecule has 0 fully saturated rings. The lowest BCUT2D eigenvalue weighted by atomic mass is 10.1. The molecule has 3 rings (SSSR count). The van der Waals surface area contributed by atoms with Crippen molar-refractivity contribution in [1.29, 1.82) is 0 Å². The molecule has 0 unspecified atom stereocenters. The number of hydrogen-bond acceptors (Lipinski definition) is 7. The van der Waals surface area contributed by atoms with Crippen molar-refractivity contribution in [2.45, 2.75) is 6.42 Å². The number of aromatic nitrogens is 2. The molecule has 1 N–H and O–H groups in total. The summed E-state index contributed by atoms with van der Waals surface area (Å²) in [7, 11) is 4.86. The highest BCUT2D eigenvalue weighted by Gasteiger charge is 2.09. The van der Waals surface area contributed by atoms with Gasteiger partial charge in [0.2, 0.25) is 5.82 Å². The van der Waals surface area contributed by atoms with Crippen LogP contribution in [0.5, 0.6) is 17.2 Å². The van der Waals surface area contributed by atoms with Crippen molar-refractivity contribution in [2.24, 2.45) is 0 Å². The van der Waals surface area contributed by atoms with Crippen molar-refractivity contribution in [3.05, 3.63) is 48.0 Å². The summed E-state index contributed by atoms with van der Waals surface area (Å²) < 4.78 is 21.0. The van der Waals surface area contributed by atoms with E-state index in [2.05, 4.69) is 15.5 Å². The number of rotatable bonds is 8. The second-order valence-electron chi connectivity index (χ2n) is 5.52. The van der Waals surface area contributed by atoms with E-state index in [4.69, 9.17) is 18.7 Å². The first-order valence-electron chi connectivity index (χ1n) is 8.16. The third-order valence-corrected chi connectivity index (χ3v) is 3.89. The molecule has 1 aromatic heterocycles. The Morgan fingerprint density at radius 2 is 1.81 bits per heavy atom. The maximum absolute atomic E-state index is 5.32. The number of hydrogen-bond donors (Lipinski definition) is 1. The maximum Gasteiger partial charge on any atom is 0.321 e. The molecule has 26 heavy (non-hydrogen) atoms. The lowest BCUT2D eigenvalue weighted by Gasteiger charge is -2.09. The molecule has 0 aliphatic carbocycles. The van der Waals surface area contributed by atoms with Crippen LogP contribution >= 0.6 is 0 Å². The van der Waals surface area contributed by atoms with E-state index in [9.17, 15) is 0 Å². The molecule has 0 bridgehead atoms. The van der Waals surface area contributed by atoms with Gasteiger partial charge in [0.05, 0.1) is 21.3 Å². The van der Waals surface area contributed by atoms with Gasteiger partial charge in [-0.3, -0.25) is 0 Å². The number of methoxy groups -OCH3 is 3. The number of nitrogens with one attached hydrogen (secondary N) is 1. The predicted molar refractivity (Wildman–Crippen MR) is 98.0 cm³/mol. The highest BCUT2D eigenvalue weighted by Crippen LogP contribution is 2.27. The van der Waals surface area contributed by atoms with E-state index >= 15 is 0 Å². The third kappa shape index (κ3) is 4.05. The van der Waals surface area contributed by atoms with Crippen LogP contribution in [0.25, 0.3) is 11.4 Å². The van der Waals surface area contributed by atoms with Crippen LogP contribution in [0.2, 0.25) is 0 Å².